The van der Waals surface area contributed by atoms with Crippen molar-refractivity contribution in [2.24, 2.45) is 0 Å². The van der Waals surface area contributed by atoms with E-state index in [2.05, 4.69) is 187 Å². The van der Waals surface area contributed by atoms with Gasteiger partial charge in [0.2, 0.25) is 0 Å². The van der Waals surface area contributed by atoms with Crippen LogP contribution in [0.3, 0.4) is 0 Å². The van der Waals surface area contributed by atoms with Crippen molar-refractivity contribution in [1.29, 1.82) is 0 Å². The fourth-order valence-corrected chi connectivity index (χ4v) is 9.48. The van der Waals surface area contributed by atoms with E-state index in [-0.39, 0.29) is 0 Å². The maximum Gasteiger partial charge on any atom is 0.160 e. The molecule has 13 aromatic rings. The molecular weight excluding hydrogens is 771 g/mol. The summed E-state index contributed by atoms with van der Waals surface area (Å²) in [4.78, 5) is 10.7. The summed E-state index contributed by atoms with van der Waals surface area (Å²) >= 11 is 0. The van der Waals surface area contributed by atoms with E-state index < -0.39 is 0 Å². The second-order valence-corrected chi connectivity index (χ2v) is 16.1. The first kappa shape index (κ1) is 35.2. The SMILES string of the molecule is c1ccc(-c2cc(-c3ccc(-n4c5ccccc5c5ccccc54)cc3)nc(-c3cc(-c4cccc5c4oc4ccccc45)cc(-c4cccc5c4oc4ccccc45)c3)n2)cc1. The van der Waals surface area contributed by atoms with Crippen LogP contribution < -0.4 is 0 Å². The van der Waals surface area contributed by atoms with E-state index in [1.165, 1.54) is 21.8 Å². The number of hydrogen-bond acceptors (Lipinski definition) is 4. The van der Waals surface area contributed by atoms with Crippen LogP contribution in [0.25, 0.3) is 128 Å². The number of para-hydroxylation sites is 6. The van der Waals surface area contributed by atoms with E-state index in [4.69, 9.17) is 18.8 Å². The van der Waals surface area contributed by atoms with Crippen LogP contribution in [0.15, 0.2) is 221 Å². The zero-order valence-electron chi connectivity index (χ0n) is 33.9. The van der Waals surface area contributed by atoms with Gasteiger partial charge in [0.15, 0.2) is 5.82 Å². The quantitative estimate of drug-likeness (QED) is 0.168. The van der Waals surface area contributed by atoms with Crippen LogP contribution in [-0.2, 0) is 0 Å². The van der Waals surface area contributed by atoms with Gasteiger partial charge in [-0.3, -0.25) is 0 Å². The summed E-state index contributed by atoms with van der Waals surface area (Å²) in [5.41, 5.74) is 15.4. The normalized spacial score (nSPS) is 11.8. The molecule has 0 atom stereocenters. The number of nitrogens with zero attached hydrogens (tertiary/aromatic N) is 3. The lowest BCUT2D eigenvalue weighted by Gasteiger charge is -2.14. The molecule has 0 aliphatic rings. The van der Waals surface area contributed by atoms with Crippen molar-refractivity contribution in [2.45, 2.75) is 0 Å². The highest BCUT2D eigenvalue weighted by Crippen LogP contribution is 2.42. The number of fused-ring (bicyclic) bond motifs is 9. The van der Waals surface area contributed by atoms with Gasteiger partial charge < -0.3 is 13.4 Å². The van der Waals surface area contributed by atoms with Gasteiger partial charge in [-0.05, 0) is 71.8 Å². The average molecular weight is 806 g/mol. The fraction of sp³-hybridized carbons (Fsp3) is 0. The van der Waals surface area contributed by atoms with Crippen LogP contribution in [0.2, 0.25) is 0 Å². The summed E-state index contributed by atoms with van der Waals surface area (Å²) in [7, 11) is 0. The third kappa shape index (κ3) is 5.71. The van der Waals surface area contributed by atoms with Crippen molar-refractivity contribution >= 4 is 65.7 Å². The molecule has 5 nitrogen and oxygen atoms in total. The Balaban J connectivity index is 1.02. The summed E-state index contributed by atoms with van der Waals surface area (Å²) in [5.74, 6) is 0.620. The lowest BCUT2D eigenvalue weighted by atomic mass is 9.93. The lowest BCUT2D eigenvalue weighted by Crippen LogP contribution is -1.98. The Morgan fingerprint density at radius 3 is 1.32 bits per heavy atom. The van der Waals surface area contributed by atoms with Gasteiger partial charge in [0, 0.05) is 65.8 Å². The first-order valence-electron chi connectivity index (χ1n) is 21.2. The summed E-state index contributed by atoms with van der Waals surface area (Å²) in [6, 6.07) is 74.3. The zero-order valence-corrected chi connectivity index (χ0v) is 33.9. The molecule has 13 rings (SSSR count). The zero-order chi connectivity index (χ0) is 41.4. The van der Waals surface area contributed by atoms with Crippen molar-refractivity contribution in [3.63, 3.8) is 0 Å². The fourth-order valence-electron chi connectivity index (χ4n) is 9.48. The molecule has 0 saturated heterocycles. The summed E-state index contributed by atoms with van der Waals surface area (Å²) < 4.78 is 15.6. The van der Waals surface area contributed by atoms with Crippen molar-refractivity contribution in [3.8, 4) is 61.8 Å². The first-order chi connectivity index (χ1) is 31.2. The molecule has 0 aliphatic carbocycles. The van der Waals surface area contributed by atoms with E-state index in [0.717, 1.165) is 99.9 Å². The summed E-state index contributed by atoms with van der Waals surface area (Å²) in [6.45, 7) is 0. The number of benzene rings is 9. The highest BCUT2D eigenvalue weighted by Gasteiger charge is 2.20. The van der Waals surface area contributed by atoms with E-state index in [9.17, 15) is 0 Å². The van der Waals surface area contributed by atoms with Gasteiger partial charge in [0.1, 0.15) is 22.3 Å². The van der Waals surface area contributed by atoms with Crippen LogP contribution in [0.1, 0.15) is 0 Å². The van der Waals surface area contributed by atoms with Gasteiger partial charge in [-0.2, -0.15) is 0 Å². The molecule has 5 heteroatoms. The Morgan fingerprint density at radius 2 is 0.762 bits per heavy atom. The molecule has 0 radical (unpaired) electrons. The second-order valence-electron chi connectivity index (χ2n) is 16.1. The number of hydrogen-bond donors (Lipinski definition) is 0. The van der Waals surface area contributed by atoms with E-state index in [1.807, 2.05) is 30.3 Å². The highest BCUT2D eigenvalue weighted by atomic mass is 16.3. The molecule has 294 valence electrons. The van der Waals surface area contributed by atoms with Gasteiger partial charge in [0.25, 0.3) is 0 Å². The van der Waals surface area contributed by atoms with Crippen molar-refractivity contribution in [3.05, 3.63) is 212 Å². The van der Waals surface area contributed by atoms with Gasteiger partial charge in [-0.1, -0.05) is 152 Å². The van der Waals surface area contributed by atoms with Gasteiger partial charge in [-0.15, -0.1) is 0 Å². The largest absolute Gasteiger partial charge is 0.455 e. The molecule has 0 spiro atoms. The monoisotopic (exact) mass is 805 g/mol. The maximum absolute atomic E-state index is 6.63. The molecule has 4 aromatic heterocycles. The molecule has 0 amide bonds. The molecule has 0 unspecified atom stereocenters. The molecule has 0 bridgehead atoms. The minimum absolute atomic E-state index is 0.620. The maximum atomic E-state index is 6.63. The van der Waals surface area contributed by atoms with Crippen molar-refractivity contribution < 1.29 is 8.83 Å². The van der Waals surface area contributed by atoms with Crippen molar-refractivity contribution in [1.82, 2.24) is 14.5 Å². The second kappa shape index (κ2) is 14.0. The minimum atomic E-state index is 0.620. The standard InChI is InChI=1S/C58H35N3O2/c1-2-14-36(15-3-1)50-35-51(37-28-30-41(31-29-37)61-52-24-8-4-16-44(52)45-17-5-9-25-53(45)61)60-58(59-50)40-33-38(42-20-12-22-48-46-18-6-10-26-54(46)62-56(42)48)32-39(34-40)43-21-13-23-49-47-19-7-11-27-55(47)63-57(43)49/h1-35H. The smallest absolute Gasteiger partial charge is 0.160 e. The number of rotatable bonds is 6. The Hall–Kier alpha value is -8.54. The van der Waals surface area contributed by atoms with Crippen molar-refractivity contribution in [2.75, 3.05) is 0 Å². The predicted octanol–water partition coefficient (Wildman–Crippen LogP) is 15.7. The first-order valence-corrected chi connectivity index (χ1v) is 21.2. The Labute approximate surface area is 361 Å². The molecule has 0 fully saturated rings. The van der Waals surface area contributed by atoms with E-state index in [0.29, 0.717) is 5.82 Å². The van der Waals surface area contributed by atoms with Crippen LogP contribution in [-0.4, -0.2) is 14.5 Å². The Bertz CT molecular complexity index is 3730. The Kier molecular flexibility index (Phi) is 7.84. The topological polar surface area (TPSA) is 57.0 Å². The molecule has 0 N–H and O–H groups in total. The molecule has 9 aromatic carbocycles. The third-order valence-electron chi connectivity index (χ3n) is 12.4. The van der Waals surface area contributed by atoms with Crippen LogP contribution in [0.5, 0.6) is 0 Å². The summed E-state index contributed by atoms with van der Waals surface area (Å²) in [6.07, 6.45) is 0. The summed E-state index contributed by atoms with van der Waals surface area (Å²) in [5, 5.41) is 6.79. The van der Waals surface area contributed by atoms with Crippen LogP contribution in [0.4, 0.5) is 0 Å². The number of furan rings is 2. The van der Waals surface area contributed by atoms with E-state index >= 15 is 0 Å². The van der Waals surface area contributed by atoms with Crippen LogP contribution in [0, 0.1) is 0 Å². The molecule has 4 heterocycles. The molecule has 0 aliphatic heterocycles. The minimum Gasteiger partial charge on any atom is -0.455 e. The molecule has 0 saturated carbocycles. The highest BCUT2D eigenvalue weighted by molar-refractivity contribution is 6.12. The Morgan fingerprint density at radius 1 is 0.317 bits per heavy atom. The van der Waals surface area contributed by atoms with Gasteiger partial charge in [-0.25, -0.2) is 9.97 Å². The van der Waals surface area contributed by atoms with Gasteiger partial charge >= 0.3 is 0 Å². The molecular formula is C58H35N3O2. The third-order valence-corrected chi connectivity index (χ3v) is 12.4. The van der Waals surface area contributed by atoms with E-state index in [1.54, 1.807) is 0 Å². The van der Waals surface area contributed by atoms with Crippen LogP contribution >= 0.6 is 0 Å². The van der Waals surface area contributed by atoms with Gasteiger partial charge in [0.05, 0.1) is 22.4 Å². The lowest BCUT2D eigenvalue weighted by molar-refractivity contribution is 0.670. The average Bonchev–Trinajstić information content (AvgIpc) is 4.04. The molecule has 63 heavy (non-hydrogen) atoms. The number of aromatic nitrogens is 3. The predicted molar refractivity (Wildman–Crippen MR) is 258 cm³/mol.